The Morgan fingerprint density at radius 1 is 1.07 bits per heavy atom. The van der Waals surface area contributed by atoms with E-state index in [-0.39, 0.29) is 31.2 Å². The van der Waals surface area contributed by atoms with Crippen molar-refractivity contribution < 1.29 is 46.6 Å². The smallest absolute Gasteiger partial charge is 0.328 e. The Hall–Kier alpha value is -4.93. The van der Waals surface area contributed by atoms with Crippen LogP contribution < -0.4 is 30.1 Å². The minimum absolute atomic E-state index is 0.0244. The largest absolute Gasteiger partial charge is 0.497 e. The molecule has 1 aliphatic heterocycles. The number of likely N-dealkylation sites (tertiary alicyclic amines) is 1. The molecule has 0 bridgehead atoms. The number of nitrogens with one attached hydrogen (secondary N) is 4. The molecule has 1 saturated heterocycles. The number of amides is 5. The van der Waals surface area contributed by atoms with Crippen LogP contribution in [0.1, 0.15) is 60.3 Å². The van der Waals surface area contributed by atoms with Gasteiger partial charge in [-0.3, -0.25) is 19.1 Å². The van der Waals surface area contributed by atoms with E-state index >= 15 is 0 Å². The van der Waals surface area contributed by atoms with E-state index in [2.05, 4.69) is 32.2 Å². The summed E-state index contributed by atoms with van der Waals surface area (Å²) in [5.41, 5.74) is -2.49. The number of pyridine rings is 1. The van der Waals surface area contributed by atoms with Gasteiger partial charge in [-0.05, 0) is 60.2 Å². The summed E-state index contributed by atoms with van der Waals surface area (Å²) in [7, 11) is -1.16. The van der Waals surface area contributed by atoms with Gasteiger partial charge in [0.15, 0.2) is 0 Å². The lowest BCUT2D eigenvalue weighted by atomic mass is 9.85. The molecule has 5 amide bonds. The van der Waals surface area contributed by atoms with Crippen molar-refractivity contribution in [2.45, 2.75) is 95.3 Å². The predicted octanol–water partition coefficient (Wildman–Crippen LogP) is 2.17. The van der Waals surface area contributed by atoms with Gasteiger partial charge in [-0.2, -0.15) is 0 Å². The number of urea groups is 1. The van der Waals surface area contributed by atoms with Gasteiger partial charge in [-0.1, -0.05) is 40.7 Å². The summed E-state index contributed by atoms with van der Waals surface area (Å²) >= 11 is 0. The highest BCUT2D eigenvalue weighted by molar-refractivity contribution is 7.91. The number of rotatable bonds is 14. The van der Waals surface area contributed by atoms with E-state index in [1.54, 1.807) is 66.1 Å². The number of carbonyl (C=O) groups is 5. The number of nitrogens with zero attached hydrogens (tertiary/aromatic N) is 2. The highest BCUT2D eigenvalue weighted by Crippen LogP contribution is 2.45. The zero-order valence-electron chi connectivity index (χ0n) is 31.6. The van der Waals surface area contributed by atoms with Crippen LogP contribution in [-0.4, -0.2) is 104 Å². The lowest BCUT2D eigenvalue weighted by Gasteiger charge is -2.36. The molecule has 294 valence electrons. The fourth-order valence-electron chi connectivity index (χ4n) is 6.65. The summed E-state index contributed by atoms with van der Waals surface area (Å²) in [6.45, 7) is 12.3. The number of benzene rings is 1. The van der Waals surface area contributed by atoms with Crippen LogP contribution in [0.2, 0.25) is 0 Å². The molecule has 2 aromatic rings. The zero-order valence-corrected chi connectivity index (χ0v) is 32.4. The molecule has 4 N–H and O–H groups in total. The summed E-state index contributed by atoms with van der Waals surface area (Å²) in [6.07, 6.45) is 3.24. The van der Waals surface area contributed by atoms with Crippen LogP contribution in [0.5, 0.6) is 11.6 Å². The first-order chi connectivity index (χ1) is 25.3. The molecule has 5 rings (SSSR count). The Morgan fingerprint density at radius 3 is 2.35 bits per heavy atom. The third-order valence-electron chi connectivity index (χ3n) is 10.1. The van der Waals surface area contributed by atoms with E-state index in [0.717, 1.165) is 5.39 Å². The van der Waals surface area contributed by atoms with Crippen molar-refractivity contribution in [3.05, 3.63) is 43.1 Å². The average Bonchev–Trinajstić information content (AvgIpc) is 4.05. The molecule has 0 radical (unpaired) electrons. The number of carbonyl (C=O) groups excluding carboxylic acids is 5. The van der Waals surface area contributed by atoms with E-state index < -0.39 is 86.1 Å². The highest BCUT2D eigenvalue weighted by Gasteiger charge is 2.62. The van der Waals surface area contributed by atoms with Crippen molar-refractivity contribution in [2.24, 2.45) is 17.3 Å². The summed E-state index contributed by atoms with van der Waals surface area (Å²) in [5.74, 6) is -2.85. The number of fused-ring (bicyclic) bond motifs is 1. The SMILES string of the molecule is C=C[C@@H]1C[C@]1(NC(=O)[C@@H]1C[C@@H](Oc2nccc3cc(OC)ccc23)CN1C(=O)C(NC(=O)N[C@H](C(=O)OC)C(C)C)C(C)(C)C)C(=O)NS(=O)(=O)C1CC1. The first kappa shape index (κ1) is 40.3. The summed E-state index contributed by atoms with van der Waals surface area (Å²) in [5, 5.41) is 8.84. The van der Waals surface area contributed by atoms with Crippen LogP contribution in [0.3, 0.4) is 0 Å². The molecule has 3 fully saturated rings. The second kappa shape index (κ2) is 15.4. The fraction of sp³-hybridized carbons (Fsp3) is 0.568. The van der Waals surface area contributed by atoms with E-state index in [9.17, 15) is 32.4 Å². The van der Waals surface area contributed by atoms with Crippen LogP contribution in [-0.2, 0) is 33.9 Å². The maximum atomic E-state index is 14.6. The molecular formula is C37H50N6O10S. The minimum atomic E-state index is -3.93. The molecule has 2 aliphatic carbocycles. The van der Waals surface area contributed by atoms with Crippen molar-refractivity contribution in [1.29, 1.82) is 0 Å². The molecule has 1 aromatic carbocycles. The van der Waals surface area contributed by atoms with Gasteiger partial charge in [0.05, 0.1) is 26.0 Å². The first-order valence-corrected chi connectivity index (χ1v) is 19.4. The van der Waals surface area contributed by atoms with E-state index in [1.165, 1.54) is 18.1 Å². The number of ether oxygens (including phenoxy) is 3. The Labute approximate surface area is 315 Å². The van der Waals surface area contributed by atoms with Crippen molar-refractivity contribution in [2.75, 3.05) is 20.8 Å². The Morgan fingerprint density at radius 2 is 1.78 bits per heavy atom. The third kappa shape index (κ3) is 8.55. The summed E-state index contributed by atoms with van der Waals surface area (Å²) in [6, 6.07) is 2.95. The number of methoxy groups -OCH3 is 2. The van der Waals surface area contributed by atoms with Crippen LogP contribution >= 0.6 is 0 Å². The van der Waals surface area contributed by atoms with Gasteiger partial charge < -0.3 is 35.1 Å². The van der Waals surface area contributed by atoms with Crippen LogP contribution in [0, 0.1) is 17.3 Å². The van der Waals surface area contributed by atoms with Crippen molar-refractivity contribution in [3.8, 4) is 11.6 Å². The second-order valence-electron chi connectivity index (χ2n) is 15.5. The van der Waals surface area contributed by atoms with Crippen LogP contribution in [0.15, 0.2) is 43.1 Å². The molecule has 54 heavy (non-hydrogen) atoms. The molecule has 2 saturated carbocycles. The molecule has 2 heterocycles. The monoisotopic (exact) mass is 770 g/mol. The minimum Gasteiger partial charge on any atom is -0.497 e. The highest BCUT2D eigenvalue weighted by atomic mass is 32.2. The van der Waals surface area contributed by atoms with E-state index in [1.807, 2.05) is 6.07 Å². The van der Waals surface area contributed by atoms with Gasteiger partial charge in [-0.25, -0.2) is 23.0 Å². The zero-order chi connectivity index (χ0) is 39.7. The molecule has 16 nitrogen and oxygen atoms in total. The quantitative estimate of drug-likeness (QED) is 0.162. The van der Waals surface area contributed by atoms with E-state index in [0.29, 0.717) is 24.0 Å². The van der Waals surface area contributed by atoms with Gasteiger partial charge in [0, 0.05) is 23.9 Å². The molecule has 17 heteroatoms. The first-order valence-electron chi connectivity index (χ1n) is 17.9. The number of hydrogen-bond acceptors (Lipinski definition) is 11. The summed E-state index contributed by atoms with van der Waals surface area (Å²) < 4.78 is 44.1. The Bertz CT molecular complexity index is 1930. The molecular weight excluding hydrogens is 721 g/mol. The molecule has 6 atom stereocenters. The van der Waals surface area contributed by atoms with Gasteiger partial charge in [0.2, 0.25) is 27.7 Å². The van der Waals surface area contributed by atoms with Gasteiger partial charge >= 0.3 is 12.0 Å². The predicted molar refractivity (Wildman–Crippen MR) is 198 cm³/mol. The maximum absolute atomic E-state index is 14.6. The molecule has 1 aromatic heterocycles. The van der Waals surface area contributed by atoms with E-state index in [4.69, 9.17) is 14.2 Å². The topological polar surface area (TPSA) is 211 Å². The normalized spacial score (nSPS) is 23.5. The molecule has 1 unspecified atom stereocenters. The van der Waals surface area contributed by atoms with Crippen LogP contribution in [0.4, 0.5) is 4.79 Å². The number of esters is 1. The third-order valence-corrected chi connectivity index (χ3v) is 11.9. The summed E-state index contributed by atoms with van der Waals surface area (Å²) in [4.78, 5) is 73.8. The number of hydrogen-bond donors (Lipinski definition) is 4. The van der Waals surface area contributed by atoms with Gasteiger partial charge in [-0.15, -0.1) is 6.58 Å². The van der Waals surface area contributed by atoms with Gasteiger partial charge in [0.1, 0.15) is 35.5 Å². The average molecular weight is 771 g/mol. The lowest BCUT2D eigenvalue weighted by molar-refractivity contribution is -0.144. The second-order valence-corrected chi connectivity index (χ2v) is 17.5. The fourth-order valence-corrected chi connectivity index (χ4v) is 8.02. The maximum Gasteiger partial charge on any atom is 0.328 e. The van der Waals surface area contributed by atoms with Crippen molar-refractivity contribution >= 4 is 50.5 Å². The standard InChI is InChI=1S/C37H50N6O10S/c1-9-22-18-37(22,34(47)42-54(49,50)25-11-12-25)41-30(44)27-17-24(53-31-26-13-10-23(51-7)16-21(26)14-15-38-31)19-43(27)32(45)29(36(4,5)6)40-35(48)39-28(20(2)3)33(46)52-8/h9-10,13-16,20,22,24-25,27-29H,1,11-12,17-19H2,2-8H3,(H,41,44)(H,42,47)(H2,39,40,48)/t22-,24-,27+,28+,29?,37-/m1/s1. The van der Waals surface area contributed by atoms with Crippen molar-refractivity contribution in [3.63, 3.8) is 0 Å². The van der Waals surface area contributed by atoms with Gasteiger partial charge in [0.25, 0.3) is 5.91 Å². The number of sulfonamides is 1. The van der Waals surface area contributed by atoms with Crippen molar-refractivity contribution in [1.82, 2.24) is 30.6 Å². The Kier molecular flexibility index (Phi) is 11.5. The molecule has 3 aliphatic rings. The van der Waals surface area contributed by atoms with Crippen LogP contribution in [0.25, 0.3) is 10.8 Å². The lowest BCUT2D eigenvalue weighted by Crippen LogP contribution is -2.61. The Balaban J connectivity index is 1.44. The number of aromatic nitrogens is 1. The molecule has 0 spiro atoms.